The summed E-state index contributed by atoms with van der Waals surface area (Å²) in [5, 5.41) is 0. The van der Waals surface area contributed by atoms with Gasteiger partial charge in [0.1, 0.15) is 5.60 Å². The minimum atomic E-state index is -0.445. The van der Waals surface area contributed by atoms with Crippen molar-refractivity contribution in [2.75, 3.05) is 6.67 Å². The number of rotatable bonds is 2. The highest BCUT2D eigenvalue weighted by atomic mass is 16.6. The summed E-state index contributed by atoms with van der Waals surface area (Å²) in [5.41, 5.74) is 5.20. The standard InChI is InChI=1S/C12H24N2O2/c1-12(2,3)16-11(15)14(9-13)10-7-5-4-6-8-10/h10H,4-9,13H2,1-3H3. The van der Waals surface area contributed by atoms with Crippen LogP contribution in [0, 0.1) is 0 Å². The predicted molar refractivity (Wildman–Crippen MR) is 64.0 cm³/mol. The highest BCUT2D eigenvalue weighted by Crippen LogP contribution is 2.23. The number of hydrogen-bond donors (Lipinski definition) is 1. The molecular weight excluding hydrogens is 204 g/mol. The van der Waals surface area contributed by atoms with Gasteiger partial charge >= 0.3 is 6.09 Å². The average Bonchev–Trinajstić information content (AvgIpc) is 2.17. The molecule has 0 aromatic rings. The Balaban J connectivity index is 2.55. The third-order valence-electron chi connectivity index (χ3n) is 2.84. The smallest absolute Gasteiger partial charge is 0.411 e. The Kier molecular flexibility index (Phi) is 4.59. The van der Waals surface area contributed by atoms with Gasteiger partial charge in [-0.05, 0) is 33.6 Å². The summed E-state index contributed by atoms with van der Waals surface area (Å²) < 4.78 is 5.35. The number of nitrogens with two attached hydrogens (primary N) is 1. The van der Waals surface area contributed by atoms with Gasteiger partial charge < -0.3 is 10.5 Å². The molecule has 1 aliphatic carbocycles. The number of carbonyl (C=O) groups is 1. The Morgan fingerprint density at radius 1 is 1.31 bits per heavy atom. The molecule has 1 aliphatic rings. The second kappa shape index (κ2) is 5.53. The largest absolute Gasteiger partial charge is 0.444 e. The molecule has 0 radical (unpaired) electrons. The van der Waals surface area contributed by atoms with Crippen LogP contribution in [0.15, 0.2) is 0 Å². The van der Waals surface area contributed by atoms with Crippen LogP contribution in [0.4, 0.5) is 4.79 Å². The summed E-state index contributed by atoms with van der Waals surface area (Å²) in [4.78, 5) is 13.6. The first-order valence-corrected chi connectivity index (χ1v) is 6.14. The average molecular weight is 228 g/mol. The summed E-state index contributed by atoms with van der Waals surface area (Å²) in [5.74, 6) is 0. The van der Waals surface area contributed by atoms with Crippen LogP contribution in [-0.2, 0) is 4.74 Å². The van der Waals surface area contributed by atoms with Gasteiger partial charge in [0.05, 0.1) is 6.67 Å². The van der Waals surface area contributed by atoms with Crippen molar-refractivity contribution in [3.8, 4) is 0 Å². The molecular formula is C12H24N2O2. The minimum Gasteiger partial charge on any atom is -0.444 e. The van der Waals surface area contributed by atoms with Crippen LogP contribution in [0.3, 0.4) is 0 Å². The molecule has 0 saturated heterocycles. The van der Waals surface area contributed by atoms with Gasteiger partial charge in [0, 0.05) is 6.04 Å². The molecule has 1 amide bonds. The molecule has 0 aromatic heterocycles. The molecule has 94 valence electrons. The lowest BCUT2D eigenvalue weighted by atomic mass is 9.95. The maximum atomic E-state index is 11.9. The number of ether oxygens (including phenoxy) is 1. The summed E-state index contributed by atoms with van der Waals surface area (Å²) >= 11 is 0. The van der Waals surface area contributed by atoms with E-state index in [4.69, 9.17) is 10.5 Å². The van der Waals surface area contributed by atoms with Crippen LogP contribution in [-0.4, -0.2) is 29.3 Å². The summed E-state index contributed by atoms with van der Waals surface area (Å²) in [7, 11) is 0. The molecule has 4 heteroatoms. The minimum absolute atomic E-state index is 0.250. The van der Waals surface area contributed by atoms with E-state index in [1.165, 1.54) is 19.3 Å². The first-order valence-electron chi connectivity index (χ1n) is 6.14. The van der Waals surface area contributed by atoms with Gasteiger partial charge in [-0.25, -0.2) is 4.79 Å². The third-order valence-corrected chi connectivity index (χ3v) is 2.84. The summed E-state index contributed by atoms with van der Waals surface area (Å²) in [6, 6.07) is 0.272. The zero-order valence-electron chi connectivity index (χ0n) is 10.7. The zero-order valence-corrected chi connectivity index (χ0v) is 10.7. The quantitative estimate of drug-likeness (QED) is 0.739. The number of hydrogen-bond acceptors (Lipinski definition) is 3. The van der Waals surface area contributed by atoms with Crippen molar-refractivity contribution in [2.45, 2.75) is 64.5 Å². The maximum Gasteiger partial charge on any atom is 0.411 e. The maximum absolute atomic E-state index is 11.9. The Labute approximate surface area is 98.1 Å². The topological polar surface area (TPSA) is 55.6 Å². The fourth-order valence-electron chi connectivity index (χ4n) is 2.09. The number of carbonyl (C=O) groups excluding carboxylic acids is 1. The second-order valence-corrected chi connectivity index (χ2v) is 5.42. The van der Waals surface area contributed by atoms with Crippen molar-refractivity contribution < 1.29 is 9.53 Å². The Morgan fingerprint density at radius 2 is 1.88 bits per heavy atom. The highest BCUT2D eigenvalue weighted by Gasteiger charge is 2.28. The van der Waals surface area contributed by atoms with Crippen molar-refractivity contribution in [1.29, 1.82) is 0 Å². The van der Waals surface area contributed by atoms with Crippen LogP contribution in [0.25, 0.3) is 0 Å². The normalized spacial score (nSPS) is 18.2. The predicted octanol–water partition coefficient (Wildman–Crippen LogP) is 2.47. The summed E-state index contributed by atoms with van der Waals surface area (Å²) in [6.45, 7) is 5.88. The fraction of sp³-hybridized carbons (Fsp3) is 0.917. The molecule has 0 aromatic carbocycles. The van der Waals surface area contributed by atoms with E-state index >= 15 is 0 Å². The van der Waals surface area contributed by atoms with Gasteiger partial charge in [-0.1, -0.05) is 19.3 Å². The van der Waals surface area contributed by atoms with Crippen molar-refractivity contribution in [3.05, 3.63) is 0 Å². The monoisotopic (exact) mass is 228 g/mol. The highest BCUT2D eigenvalue weighted by molar-refractivity contribution is 5.68. The first kappa shape index (κ1) is 13.3. The van der Waals surface area contributed by atoms with Crippen molar-refractivity contribution in [3.63, 3.8) is 0 Å². The van der Waals surface area contributed by atoms with E-state index in [0.717, 1.165) is 12.8 Å². The lowest BCUT2D eigenvalue weighted by Crippen LogP contribution is -2.47. The van der Waals surface area contributed by atoms with Gasteiger partial charge in [-0.15, -0.1) is 0 Å². The molecule has 16 heavy (non-hydrogen) atoms. The van der Waals surface area contributed by atoms with E-state index in [1.54, 1.807) is 4.90 Å². The van der Waals surface area contributed by atoms with Crippen LogP contribution in [0.1, 0.15) is 52.9 Å². The second-order valence-electron chi connectivity index (χ2n) is 5.42. The molecule has 0 spiro atoms. The Hall–Kier alpha value is -0.770. The molecule has 4 nitrogen and oxygen atoms in total. The van der Waals surface area contributed by atoms with Crippen LogP contribution in [0.5, 0.6) is 0 Å². The Bertz CT molecular complexity index is 230. The van der Waals surface area contributed by atoms with E-state index in [1.807, 2.05) is 20.8 Å². The van der Waals surface area contributed by atoms with E-state index in [9.17, 15) is 4.79 Å². The molecule has 0 unspecified atom stereocenters. The van der Waals surface area contributed by atoms with Gasteiger partial charge in [0.2, 0.25) is 0 Å². The molecule has 0 aliphatic heterocycles. The number of nitrogens with zero attached hydrogens (tertiary/aromatic N) is 1. The van der Waals surface area contributed by atoms with E-state index in [2.05, 4.69) is 0 Å². The fourth-order valence-corrected chi connectivity index (χ4v) is 2.09. The summed E-state index contributed by atoms with van der Waals surface area (Å²) in [6.07, 6.45) is 5.46. The lowest BCUT2D eigenvalue weighted by molar-refractivity contribution is 0.0128. The molecule has 0 bridgehead atoms. The van der Waals surface area contributed by atoms with Crippen molar-refractivity contribution >= 4 is 6.09 Å². The van der Waals surface area contributed by atoms with Gasteiger partial charge in [-0.3, -0.25) is 4.90 Å². The zero-order chi connectivity index (χ0) is 12.2. The molecule has 0 heterocycles. The van der Waals surface area contributed by atoms with E-state index < -0.39 is 5.60 Å². The molecule has 1 saturated carbocycles. The SMILES string of the molecule is CC(C)(C)OC(=O)N(CN)C1CCCCC1. The van der Waals surface area contributed by atoms with E-state index in [-0.39, 0.29) is 18.8 Å². The number of amides is 1. The van der Waals surface area contributed by atoms with Gasteiger partial charge in [0.15, 0.2) is 0 Å². The van der Waals surface area contributed by atoms with Crippen LogP contribution >= 0.6 is 0 Å². The first-order chi connectivity index (χ1) is 7.44. The van der Waals surface area contributed by atoms with Gasteiger partial charge in [-0.2, -0.15) is 0 Å². The molecule has 1 rings (SSSR count). The van der Waals surface area contributed by atoms with Crippen molar-refractivity contribution in [2.24, 2.45) is 5.73 Å². The van der Waals surface area contributed by atoms with Crippen LogP contribution in [0.2, 0.25) is 0 Å². The van der Waals surface area contributed by atoms with Crippen molar-refractivity contribution in [1.82, 2.24) is 4.90 Å². The van der Waals surface area contributed by atoms with Crippen LogP contribution < -0.4 is 5.73 Å². The lowest BCUT2D eigenvalue weighted by Gasteiger charge is -2.34. The van der Waals surface area contributed by atoms with E-state index in [0.29, 0.717) is 0 Å². The molecule has 0 atom stereocenters. The molecule has 1 fully saturated rings. The van der Waals surface area contributed by atoms with Gasteiger partial charge in [0.25, 0.3) is 0 Å². The Morgan fingerprint density at radius 3 is 2.31 bits per heavy atom. The third kappa shape index (κ3) is 4.00. The molecule has 2 N–H and O–H groups in total.